The molecule has 1 N–H and O–H groups in total. The average molecular weight is 390 g/mol. The number of nitrogens with zero attached hydrogens (tertiary/aromatic N) is 2. The Labute approximate surface area is 161 Å². The van der Waals surface area contributed by atoms with Crippen LogP contribution >= 0.6 is 23.2 Å². The summed E-state index contributed by atoms with van der Waals surface area (Å²) >= 11 is 12.6. The molecule has 1 aliphatic heterocycles. The van der Waals surface area contributed by atoms with E-state index in [2.05, 4.69) is 5.32 Å². The van der Waals surface area contributed by atoms with E-state index in [1.807, 2.05) is 29.8 Å². The maximum Gasteiger partial charge on any atom is 0.133 e. The lowest BCUT2D eigenvalue weighted by Crippen LogP contribution is -2.07. The molecule has 3 nitrogen and oxygen atoms in total. The molecular formula is C20H18Cl2FN3. The molecule has 0 amide bonds. The molecule has 0 saturated carbocycles. The van der Waals surface area contributed by atoms with Gasteiger partial charge in [-0.15, -0.1) is 0 Å². The number of hydrogen-bond acceptors (Lipinski definition) is 2. The Bertz CT molecular complexity index is 981. The van der Waals surface area contributed by atoms with Gasteiger partial charge in [-0.25, -0.2) is 9.07 Å². The molecule has 3 aromatic rings. The Morgan fingerprint density at radius 2 is 1.92 bits per heavy atom. The maximum atomic E-state index is 13.5. The van der Waals surface area contributed by atoms with Crippen LogP contribution in [-0.2, 0) is 6.42 Å². The highest BCUT2D eigenvalue weighted by Gasteiger charge is 2.23. The molecule has 2 heterocycles. The van der Waals surface area contributed by atoms with Crippen molar-refractivity contribution >= 4 is 29.0 Å². The standard InChI is InChI=1S/C20H18Cl2FN3/c1-12-5-7-14(11-17(12)21)26-20-16(4-2-3-9-24-20)19(25-26)15-8-6-13(23)10-18(15)22/h5-8,10-11,24H,2-4,9H2,1H3. The molecule has 1 aromatic heterocycles. The van der Waals surface area contributed by atoms with E-state index in [1.54, 1.807) is 6.07 Å². The number of aromatic nitrogens is 2. The molecule has 26 heavy (non-hydrogen) atoms. The Morgan fingerprint density at radius 3 is 2.69 bits per heavy atom. The van der Waals surface area contributed by atoms with Gasteiger partial charge in [0, 0.05) is 22.7 Å². The first-order valence-electron chi connectivity index (χ1n) is 8.62. The lowest BCUT2D eigenvalue weighted by Gasteiger charge is -2.10. The summed E-state index contributed by atoms with van der Waals surface area (Å²) in [4.78, 5) is 0. The van der Waals surface area contributed by atoms with Crippen LogP contribution in [0.5, 0.6) is 0 Å². The minimum Gasteiger partial charge on any atom is -0.370 e. The highest BCUT2D eigenvalue weighted by atomic mass is 35.5. The van der Waals surface area contributed by atoms with Crippen molar-refractivity contribution in [1.29, 1.82) is 0 Å². The zero-order valence-electron chi connectivity index (χ0n) is 14.3. The second kappa shape index (κ2) is 6.93. The van der Waals surface area contributed by atoms with E-state index in [0.717, 1.165) is 59.7 Å². The van der Waals surface area contributed by atoms with Gasteiger partial charge in [0.25, 0.3) is 0 Å². The smallest absolute Gasteiger partial charge is 0.133 e. The first kappa shape index (κ1) is 17.4. The van der Waals surface area contributed by atoms with Crippen molar-refractivity contribution in [2.45, 2.75) is 26.2 Å². The van der Waals surface area contributed by atoms with Crippen LogP contribution in [0, 0.1) is 12.7 Å². The summed E-state index contributed by atoms with van der Waals surface area (Å²) in [5.41, 5.74) is 4.54. The van der Waals surface area contributed by atoms with Gasteiger partial charge < -0.3 is 5.32 Å². The number of hydrogen-bond donors (Lipinski definition) is 1. The molecule has 134 valence electrons. The zero-order chi connectivity index (χ0) is 18.3. The molecule has 0 atom stereocenters. The van der Waals surface area contributed by atoms with E-state index in [1.165, 1.54) is 12.1 Å². The summed E-state index contributed by atoms with van der Waals surface area (Å²) in [5.74, 6) is 0.602. The summed E-state index contributed by atoms with van der Waals surface area (Å²) in [6.45, 7) is 2.85. The van der Waals surface area contributed by atoms with Crippen LogP contribution in [0.25, 0.3) is 16.9 Å². The second-order valence-corrected chi connectivity index (χ2v) is 7.34. The fraction of sp³-hybridized carbons (Fsp3) is 0.250. The molecule has 0 fully saturated rings. The highest BCUT2D eigenvalue weighted by molar-refractivity contribution is 6.33. The minimum atomic E-state index is -0.354. The number of benzene rings is 2. The van der Waals surface area contributed by atoms with Crippen molar-refractivity contribution in [2.24, 2.45) is 0 Å². The first-order chi connectivity index (χ1) is 12.5. The van der Waals surface area contributed by atoms with E-state index in [0.29, 0.717) is 10.0 Å². The predicted octanol–water partition coefficient (Wildman–Crippen LogP) is 6.04. The van der Waals surface area contributed by atoms with Crippen LogP contribution < -0.4 is 5.32 Å². The van der Waals surface area contributed by atoms with E-state index < -0.39 is 0 Å². The molecule has 4 rings (SSSR count). The Morgan fingerprint density at radius 1 is 1.08 bits per heavy atom. The summed E-state index contributed by atoms with van der Waals surface area (Å²) in [6, 6.07) is 10.3. The largest absolute Gasteiger partial charge is 0.370 e. The van der Waals surface area contributed by atoms with Gasteiger partial charge in [-0.05, 0) is 62.1 Å². The van der Waals surface area contributed by atoms with Crippen LogP contribution in [0.1, 0.15) is 24.0 Å². The summed E-state index contributed by atoms with van der Waals surface area (Å²) in [6.07, 6.45) is 3.04. The summed E-state index contributed by atoms with van der Waals surface area (Å²) in [5, 5.41) is 9.37. The van der Waals surface area contributed by atoms with Gasteiger partial charge in [0.2, 0.25) is 0 Å². The summed E-state index contributed by atoms with van der Waals surface area (Å²) in [7, 11) is 0. The van der Waals surface area contributed by atoms with Crippen LogP contribution in [0.3, 0.4) is 0 Å². The van der Waals surface area contributed by atoms with Crippen molar-refractivity contribution in [3.05, 3.63) is 63.4 Å². The summed E-state index contributed by atoms with van der Waals surface area (Å²) < 4.78 is 15.4. The van der Waals surface area contributed by atoms with Gasteiger partial charge in [0.15, 0.2) is 0 Å². The van der Waals surface area contributed by atoms with Crippen LogP contribution in [0.4, 0.5) is 10.2 Å². The van der Waals surface area contributed by atoms with Gasteiger partial charge in [-0.1, -0.05) is 29.3 Å². The molecule has 0 bridgehead atoms. The van der Waals surface area contributed by atoms with E-state index in [9.17, 15) is 4.39 Å². The van der Waals surface area contributed by atoms with Gasteiger partial charge in [0.05, 0.1) is 16.4 Å². The zero-order valence-corrected chi connectivity index (χ0v) is 15.8. The number of nitrogens with one attached hydrogen (secondary N) is 1. The van der Waals surface area contributed by atoms with Gasteiger partial charge >= 0.3 is 0 Å². The first-order valence-corrected chi connectivity index (χ1v) is 9.38. The third kappa shape index (κ3) is 3.08. The van der Waals surface area contributed by atoms with Gasteiger partial charge in [-0.2, -0.15) is 5.10 Å². The van der Waals surface area contributed by atoms with Crippen molar-refractivity contribution in [2.75, 3.05) is 11.9 Å². The van der Waals surface area contributed by atoms with Gasteiger partial charge in [0.1, 0.15) is 11.6 Å². The molecule has 0 aliphatic carbocycles. The molecule has 0 unspecified atom stereocenters. The monoisotopic (exact) mass is 389 g/mol. The number of rotatable bonds is 2. The van der Waals surface area contributed by atoms with Crippen molar-refractivity contribution < 1.29 is 4.39 Å². The third-order valence-corrected chi connectivity index (χ3v) is 5.44. The normalized spacial score (nSPS) is 13.8. The van der Waals surface area contributed by atoms with E-state index >= 15 is 0 Å². The number of fused-ring (bicyclic) bond motifs is 1. The minimum absolute atomic E-state index is 0.354. The highest BCUT2D eigenvalue weighted by Crippen LogP contribution is 2.37. The molecule has 0 spiro atoms. The predicted molar refractivity (Wildman–Crippen MR) is 105 cm³/mol. The Balaban J connectivity index is 1.93. The van der Waals surface area contributed by atoms with Crippen LogP contribution in [0.2, 0.25) is 10.0 Å². The van der Waals surface area contributed by atoms with E-state index in [4.69, 9.17) is 28.3 Å². The lowest BCUT2D eigenvalue weighted by molar-refractivity contribution is 0.628. The fourth-order valence-electron chi connectivity index (χ4n) is 3.30. The molecular weight excluding hydrogens is 372 g/mol. The lowest BCUT2D eigenvalue weighted by atomic mass is 10.0. The van der Waals surface area contributed by atoms with Crippen molar-refractivity contribution in [3.8, 4) is 16.9 Å². The second-order valence-electron chi connectivity index (χ2n) is 6.53. The topological polar surface area (TPSA) is 29.9 Å². The molecule has 2 aromatic carbocycles. The number of anilines is 1. The number of halogens is 3. The maximum absolute atomic E-state index is 13.5. The van der Waals surface area contributed by atoms with Crippen LogP contribution in [-0.4, -0.2) is 16.3 Å². The Hall–Kier alpha value is -2.04. The number of aryl methyl sites for hydroxylation is 1. The van der Waals surface area contributed by atoms with E-state index in [-0.39, 0.29) is 5.82 Å². The molecule has 0 saturated heterocycles. The van der Waals surface area contributed by atoms with Crippen molar-refractivity contribution in [3.63, 3.8) is 0 Å². The van der Waals surface area contributed by atoms with Gasteiger partial charge in [-0.3, -0.25) is 0 Å². The molecule has 6 heteroatoms. The average Bonchev–Trinajstić information content (AvgIpc) is 2.79. The van der Waals surface area contributed by atoms with Crippen LogP contribution in [0.15, 0.2) is 36.4 Å². The quantitative estimate of drug-likeness (QED) is 0.578. The molecule has 0 radical (unpaired) electrons. The fourth-order valence-corrected chi connectivity index (χ4v) is 3.73. The molecule has 1 aliphatic rings. The van der Waals surface area contributed by atoms with Crippen molar-refractivity contribution in [1.82, 2.24) is 9.78 Å². The third-order valence-electron chi connectivity index (χ3n) is 4.72. The Kier molecular flexibility index (Phi) is 4.63. The SMILES string of the molecule is Cc1ccc(-n2nc(-c3ccc(F)cc3Cl)c3c2NCCCC3)cc1Cl.